The predicted molar refractivity (Wildman–Crippen MR) is 83.7 cm³/mol. The summed E-state index contributed by atoms with van der Waals surface area (Å²) >= 11 is 0. The standard InChI is InChI=1S/C16H32N4/c1-11(2)19-6-5-18-14(8-19)15-13(17)7-16(15)9-20(10-16)12(3)4/h11-15,18H,5-10,17H2,1-4H3. The number of nitrogens with one attached hydrogen (secondary N) is 1. The summed E-state index contributed by atoms with van der Waals surface area (Å²) in [5.41, 5.74) is 6.93. The lowest BCUT2D eigenvalue weighted by Gasteiger charge is -2.67. The molecule has 1 saturated carbocycles. The number of nitrogens with zero attached hydrogens (tertiary/aromatic N) is 2. The van der Waals surface area contributed by atoms with E-state index in [9.17, 15) is 0 Å². The van der Waals surface area contributed by atoms with Crippen LogP contribution >= 0.6 is 0 Å². The number of piperazine rings is 1. The monoisotopic (exact) mass is 280 g/mol. The van der Waals surface area contributed by atoms with Crippen LogP contribution in [0.1, 0.15) is 34.1 Å². The smallest absolute Gasteiger partial charge is 0.0244 e. The Bertz CT molecular complexity index is 348. The van der Waals surface area contributed by atoms with Crippen molar-refractivity contribution in [2.75, 3.05) is 32.7 Å². The first-order valence-electron chi connectivity index (χ1n) is 8.40. The maximum Gasteiger partial charge on any atom is 0.0244 e. The highest BCUT2D eigenvalue weighted by Crippen LogP contribution is 2.54. The van der Waals surface area contributed by atoms with E-state index in [1.54, 1.807) is 0 Å². The molecule has 2 heterocycles. The van der Waals surface area contributed by atoms with Crippen molar-refractivity contribution in [3.63, 3.8) is 0 Å². The van der Waals surface area contributed by atoms with Gasteiger partial charge in [-0.2, -0.15) is 0 Å². The second-order valence-electron chi connectivity index (χ2n) is 7.90. The summed E-state index contributed by atoms with van der Waals surface area (Å²) in [5, 5.41) is 3.76. The van der Waals surface area contributed by atoms with E-state index in [1.165, 1.54) is 32.6 Å². The van der Waals surface area contributed by atoms with E-state index >= 15 is 0 Å². The molecular weight excluding hydrogens is 248 g/mol. The fourth-order valence-electron chi connectivity index (χ4n) is 4.73. The van der Waals surface area contributed by atoms with Gasteiger partial charge < -0.3 is 11.1 Å². The Hall–Kier alpha value is -0.160. The van der Waals surface area contributed by atoms with Crippen LogP contribution in [0.5, 0.6) is 0 Å². The summed E-state index contributed by atoms with van der Waals surface area (Å²) in [5.74, 6) is 0.680. The average molecular weight is 280 g/mol. The van der Waals surface area contributed by atoms with Gasteiger partial charge in [0.15, 0.2) is 0 Å². The summed E-state index contributed by atoms with van der Waals surface area (Å²) in [4.78, 5) is 5.21. The Kier molecular flexibility index (Phi) is 3.87. The Balaban J connectivity index is 1.64. The second-order valence-corrected chi connectivity index (χ2v) is 7.90. The zero-order valence-corrected chi connectivity index (χ0v) is 13.6. The van der Waals surface area contributed by atoms with Crippen LogP contribution < -0.4 is 11.1 Å². The summed E-state index contributed by atoms with van der Waals surface area (Å²) in [6, 6.07) is 2.35. The van der Waals surface area contributed by atoms with E-state index in [-0.39, 0.29) is 0 Å². The Morgan fingerprint density at radius 3 is 2.30 bits per heavy atom. The third-order valence-electron chi connectivity index (χ3n) is 5.98. The van der Waals surface area contributed by atoms with Crippen LogP contribution in [-0.4, -0.2) is 66.7 Å². The molecule has 3 N–H and O–H groups in total. The van der Waals surface area contributed by atoms with Crippen molar-refractivity contribution in [1.82, 2.24) is 15.1 Å². The van der Waals surface area contributed by atoms with E-state index in [4.69, 9.17) is 5.73 Å². The maximum absolute atomic E-state index is 6.40. The number of hydrogen-bond acceptors (Lipinski definition) is 4. The SMILES string of the molecule is CC(C)N1CCNC(C2C(N)CC23CN(C(C)C)C3)C1. The topological polar surface area (TPSA) is 44.5 Å². The van der Waals surface area contributed by atoms with E-state index in [2.05, 4.69) is 42.8 Å². The van der Waals surface area contributed by atoms with Crippen LogP contribution in [0.4, 0.5) is 0 Å². The molecule has 0 aromatic rings. The van der Waals surface area contributed by atoms with Gasteiger partial charge in [0.1, 0.15) is 0 Å². The highest BCUT2D eigenvalue weighted by Gasteiger charge is 2.61. The van der Waals surface area contributed by atoms with Gasteiger partial charge in [-0.05, 0) is 40.0 Å². The average Bonchev–Trinajstić information content (AvgIpc) is 2.32. The number of hydrogen-bond donors (Lipinski definition) is 2. The van der Waals surface area contributed by atoms with Crippen molar-refractivity contribution in [2.24, 2.45) is 17.1 Å². The highest BCUT2D eigenvalue weighted by molar-refractivity contribution is 5.16. The molecule has 4 nitrogen and oxygen atoms in total. The van der Waals surface area contributed by atoms with Crippen LogP contribution in [0.3, 0.4) is 0 Å². The van der Waals surface area contributed by atoms with Crippen molar-refractivity contribution in [1.29, 1.82) is 0 Å². The number of nitrogens with two attached hydrogens (primary N) is 1. The molecule has 3 fully saturated rings. The first-order valence-corrected chi connectivity index (χ1v) is 8.40. The summed E-state index contributed by atoms with van der Waals surface area (Å²) < 4.78 is 0. The van der Waals surface area contributed by atoms with E-state index < -0.39 is 0 Å². The van der Waals surface area contributed by atoms with Gasteiger partial charge in [-0.3, -0.25) is 9.80 Å². The molecule has 0 amide bonds. The van der Waals surface area contributed by atoms with Crippen LogP contribution in [0.25, 0.3) is 0 Å². The quantitative estimate of drug-likeness (QED) is 0.800. The Labute approximate surface area is 124 Å². The molecule has 4 heteroatoms. The van der Waals surface area contributed by atoms with Crippen molar-refractivity contribution in [3.05, 3.63) is 0 Å². The molecule has 3 unspecified atom stereocenters. The molecule has 20 heavy (non-hydrogen) atoms. The lowest BCUT2D eigenvalue weighted by molar-refractivity contribution is -0.154. The molecule has 116 valence electrons. The molecule has 2 aliphatic heterocycles. The first-order chi connectivity index (χ1) is 9.43. The van der Waals surface area contributed by atoms with Crippen molar-refractivity contribution in [2.45, 2.75) is 58.3 Å². The van der Waals surface area contributed by atoms with Crippen LogP contribution in [-0.2, 0) is 0 Å². The molecule has 2 saturated heterocycles. The summed E-state index contributed by atoms with van der Waals surface area (Å²) in [6.45, 7) is 15.2. The Morgan fingerprint density at radius 2 is 1.75 bits per heavy atom. The van der Waals surface area contributed by atoms with Crippen molar-refractivity contribution < 1.29 is 0 Å². The molecule has 0 radical (unpaired) electrons. The molecule has 3 atom stereocenters. The van der Waals surface area contributed by atoms with Crippen molar-refractivity contribution >= 4 is 0 Å². The molecular formula is C16H32N4. The number of rotatable bonds is 3. The van der Waals surface area contributed by atoms with Gasteiger partial charge in [0.2, 0.25) is 0 Å². The molecule has 1 spiro atoms. The Morgan fingerprint density at radius 1 is 1.10 bits per heavy atom. The first kappa shape index (κ1) is 14.8. The van der Waals surface area contributed by atoms with E-state index in [0.29, 0.717) is 35.5 Å². The van der Waals surface area contributed by atoms with Crippen LogP contribution in [0.2, 0.25) is 0 Å². The fraction of sp³-hybridized carbons (Fsp3) is 1.00. The lowest BCUT2D eigenvalue weighted by atomic mass is 9.50. The minimum atomic E-state index is 0.411. The largest absolute Gasteiger partial charge is 0.327 e. The predicted octanol–water partition coefficient (Wildman–Crippen LogP) is 0.726. The van der Waals surface area contributed by atoms with E-state index in [0.717, 1.165) is 6.54 Å². The van der Waals surface area contributed by atoms with Gasteiger partial charge in [0, 0.05) is 62.3 Å². The van der Waals surface area contributed by atoms with Gasteiger partial charge >= 0.3 is 0 Å². The third kappa shape index (κ3) is 2.31. The minimum absolute atomic E-state index is 0.411. The van der Waals surface area contributed by atoms with Gasteiger partial charge in [-0.25, -0.2) is 0 Å². The second kappa shape index (κ2) is 5.24. The van der Waals surface area contributed by atoms with Gasteiger partial charge in [0.05, 0.1) is 0 Å². The molecule has 1 aliphatic carbocycles. The zero-order chi connectivity index (χ0) is 14.5. The summed E-state index contributed by atoms with van der Waals surface area (Å²) in [6.07, 6.45) is 1.24. The molecule has 3 rings (SSSR count). The zero-order valence-electron chi connectivity index (χ0n) is 13.6. The summed E-state index contributed by atoms with van der Waals surface area (Å²) in [7, 11) is 0. The van der Waals surface area contributed by atoms with Crippen LogP contribution in [0.15, 0.2) is 0 Å². The van der Waals surface area contributed by atoms with Crippen molar-refractivity contribution in [3.8, 4) is 0 Å². The third-order valence-corrected chi connectivity index (χ3v) is 5.98. The fourth-order valence-corrected chi connectivity index (χ4v) is 4.73. The van der Waals surface area contributed by atoms with Gasteiger partial charge in [-0.15, -0.1) is 0 Å². The van der Waals surface area contributed by atoms with Gasteiger partial charge in [-0.1, -0.05) is 0 Å². The van der Waals surface area contributed by atoms with Gasteiger partial charge in [0.25, 0.3) is 0 Å². The number of likely N-dealkylation sites (tertiary alicyclic amines) is 1. The minimum Gasteiger partial charge on any atom is -0.327 e. The highest BCUT2D eigenvalue weighted by atomic mass is 15.3. The normalized spacial score (nSPS) is 38.2. The van der Waals surface area contributed by atoms with Crippen LogP contribution in [0, 0.1) is 11.3 Å². The molecule has 0 bridgehead atoms. The maximum atomic E-state index is 6.40. The lowest BCUT2D eigenvalue weighted by Crippen LogP contribution is -2.77. The molecule has 0 aromatic carbocycles. The van der Waals surface area contributed by atoms with E-state index in [1.807, 2.05) is 0 Å². The molecule has 3 aliphatic rings. The molecule has 0 aromatic heterocycles.